The van der Waals surface area contributed by atoms with Gasteiger partial charge in [0, 0.05) is 29.7 Å². The number of nitrogens with one attached hydrogen (secondary N) is 2. The lowest BCUT2D eigenvalue weighted by Crippen LogP contribution is -2.58. The number of urea groups is 1. The summed E-state index contributed by atoms with van der Waals surface area (Å²) < 4.78 is 5.08. The van der Waals surface area contributed by atoms with E-state index in [1.165, 1.54) is 0 Å². The van der Waals surface area contributed by atoms with Gasteiger partial charge >= 0.3 is 12.0 Å². The lowest BCUT2D eigenvalue weighted by atomic mass is 9.94. The van der Waals surface area contributed by atoms with E-state index < -0.39 is 11.6 Å². The summed E-state index contributed by atoms with van der Waals surface area (Å²) in [6.07, 6.45) is 1.13. The van der Waals surface area contributed by atoms with Crippen LogP contribution in [0, 0.1) is 12.8 Å². The van der Waals surface area contributed by atoms with E-state index in [4.69, 9.17) is 4.74 Å². The predicted octanol–water partition coefficient (Wildman–Crippen LogP) is 3.82. The van der Waals surface area contributed by atoms with Crippen LogP contribution in [-0.4, -0.2) is 53.0 Å². The summed E-state index contributed by atoms with van der Waals surface area (Å²) >= 11 is 1.57. The lowest BCUT2D eigenvalue weighted by molar-refractivity contribution is -0.152. The number of aromatic nitrogens is 1. The Hall–Kier alpha value is -2.94. The largest absolute Gasteiger partial charge is 0.466 e. The van der Waals surface area contributed by atoms with Crippen LogP contribution in [0.2, 0.25) is 0 Å². The number of carbonyl (C=O) groups is 3. The van der Waals surface area contributed by atoms with Crippen LogP contribution in [0.1, 0.15) is 38.6 Å². The molecule has 0 saturated carbocycles. The molecule has 0 spiro atoms. The van der Waals surface area contributed by atoms with Crippen molar-refractivity contribution in [3.63, 3.8) is 0 Å². The molecule has 1 aliphatic rings. The third-order valence-corrected chi connectivity index (χ3v) is 6.17. The summed E-state index contributed by atoms with van der Waals surface area (Å²) in [4.78, 5) is 43.7. The molecule has 0 atom stereocenters. The Labute approximate surface area is 192 Å². The van der Waals surface area contributed by atoms with E-state index in [0.29, 0.717) is 38.2 Å². The van der Waals surface area contributed by atoms with Crippen LogP contribution in [0.3, 0.4) is 0 Å². The number of carbonyl (C=O) groups excluding carboxylic acids is 3. The Morgan fingerprint density at radius 2 is 1.97 bits per heavy atom. The number of rotatable bonds is 6. The van der Waals surface area contributed by atoms with E-state index in [2.05, 4.69) is 15.6 Å². The van der Waals surface area contributed by atoms with Crippen molar-refractivity contribution in [3.8, 4) is 11.3 Å². The lowest BCUT2D eigenvalue weighted by Gasteiger charge is -2.36. The fraction of sp³-hybridized carbons (Fsp3) is 0.478. The zero-order chi connectivity index (χ0) is 23.3. The number of hydrogen-bond acceptors (Lipinski definition) is 6. The number of benzene rings is 1. The van der Waals surface area contributed by atoms with Crippen LogP contribution in [0.4, 0.5) is 10.5 Å². The maximum Gasteiger partial charge on any atom is 0.320 e. The zero-order valence-electron chi connectivity index (χ0n) is 18.9. The summed E-state index contributed by atoms with van der Waals surface area (Å²) in [7, 11) is 0. The van der Waals surface area contributed by atoms with Crippen molar-refractivity contribution in [1.29, 1.82) is 0 Å². The summed E-state index contributed by atoms with van der Waals surface area (Å²) in [5.74, 6) is -0.555. The summed E-state index contributed by atoms with van der Waals surface area (Å²) in [5.41, 5.74) is 1.29. The van der Waals surface area contributed by atoms with Gasteiger partial charge in [0.15, 0.2) is 0 Å². The van der Waals surface area contributed by atoms with Gasteiger partial charge in [0.2, 0.25) is 5.91 Å². The number of hydrogen-bond donors (Lipinski definition) is 2. The molecule has 1 fully saturated rings. The van der Waals surface area contributed by atoms with E-state index >= 15 is 0 Å². The highest BCUT2D eigenvalue weighted by Gasteiger charge is 2.36. The van der Waals surface area contributed by atoms with Crippen molar-refractivity contribution in [2.24, 2.45) is 5.92 Å². The predicted molar refractivity (Wildman–Crippen MR) is 124 cm³/mol. The Balaban J connectivity index is 1.56. The summed E-state index contributed by atoms with van der Waals surface area (Å²) in [6.45, 7) is 8.38. The molecule has 1 aliphatic heterocycles. The molecular weight excluding hydrogens is 428 g/mol. The van der Waals surface area contributed by atoms with E-state index in [1.54, 1.807) is 43.1 Å². The minimum atomic E-state index is -1.09. The molecule has 2 heterocycles. The molecule has 3 rings (SSSR count). The van der Waals surface area contributed by atoms with Crippen molar-refractivity contribution in [1.82, 2.24) is 15.2 Å². The van der Waals surface area contributed by atoms with Crippen LogP contribution < -0.4 is 10.6 Å². The molecule has 0 unspecified atom stereocenters. The van der Waals surface area contributed by atoms with Gasteiger partial charge in [0.05, 0.1) is 23.2 Å². The van der Waals surface area contributed by atoms with E-state index in [0.717, 1.165) is 16.3 Å². The number of amides is 3. The molecule has 1 aromatic heterocycles. The molecule has 1 saturated heterocycles. The van der Waals surface area contributed by atoms with Gasteiger partial charge in [-0.05, 0) is 52.7 Å². The summed E-state index contributed by atoms with van der Waals surface area (Å²) in [5, 5.41) is 8.52. The first-order valence-corrected chi connectivity index (χ1v) is 11.7. The number of aryl methyl sites for hydroxylation is 1. The molecule has 2 N–H and O–H groups in total. The van der Waals surface area contributed by atoms with E-state index in [-0.39, 0.29) is 17.8 Å². The molecule has 2 aromatic rings. The highest BCUT2D eigenvalue weighted by atomic mass is 32.1. The number of ether oxygens (including phenoxy) is 1. The fourth-order valence-corrected chi connectivity index (χ4v) is 4.35. The maximum absolute atomic E-state index is 13.0. The Kier molecular flexibility index (Phi) is 7.50. The van der Waals surface area contributed by atoms with Crippen molar-refractivity contribution < 1.29 is 19.1 Å². The second-order valence-corrected chi connectivity index (χ2v) is 9.42. The van der Waals surface area contributed by atoms with Crippen molar-refractivity contribution in [3.05, 3.63) is 34.7 Å². The van der Waals surface area contributed by atoms with Crippen molar-refractivity contribution in [2.75, 3.05) is 25.0 Å². The molecule has 0 aliphatic carbocycles. The smallest absolute Gasteiger partial charge is 0.320 e. The standard InChI is InChI=1S/C23H30N4O4S/c1-5-31-20(28)16-9-11-27(12-10-16)21(29)23(3,4)26-22(30)25-18-8-6-7-17(13-18)19-14-32-15(2)24-19/h6-8,13-14,16H,5,9-12H2,1-4H3,(H2,25,26,30). The topological polar surface area (TPSA) is 101 Å². The molecule has 3 amide bonds. The average molecular weight is 459 g/mol. The van der Waals surface area contributed by atoms with Crippen LogP contribution in [-0.2, 0) is 14.3 Å². The van der Waals surface area contributed by atoms with Gasteiger partial charge in [0.25, 0.3) is 0 Å². The van der Waals surface area contributed by atoms with Gasteiger partial charge in [-0.15, -0.1) is 11.3 Å². The molecular formula is C23H30N4O4S. The molecule has 32 heavy (non-hydrogen) atoms. The zero-order valence-corrected chi connectivity index (χ0v) is 19.8. The van der Waals surface area contributed by atoms with E-state index in [1.807, 2.05) is 30.5 Å². The minimum Gasteiger partial charge on any atom is -0.466 e. The monoisotopic (exact) mass is 458 g/mol. The van der Waals surface area contributed by atoms with Crippen LogP contribution in [0.5, 0.6) is 0 Å². The van der Waals surface area contributed by atoms with Crippen molar-refractivity contribution in [2.45, 2.75) is 46.1 Å². The Morgan fingerprint density at radius 3 is 2.59 bits per heavy atom. The van der Waals surface area contributed by atoms with Gasteiger partial charge in [-0.25, -0.2) is 9.78 Å². The molecule has 0 bridgehead atoms. The third kappa shape index (κ3) is 5.85. The fourth-order valence-electron chi connectivity index (χ4n) is 3.73. The molecule has 8 nitrogen and oxygen atoms in total. The van der Waals surface area contributed by atoms with Gasteiger partial charge in [-0.2, -0.15) is 0 Å². The van der Waals surface area contributed by atoms with Crippen molar-refractivity contribution >= 4 is 34.9 Å². The molecule has 1 aromatic carbocycles. The second-order valence-electron chi connectivity index (χ2n) is 8.36. The van der Waals surface area contributed by atoms with Crippen LogP contribution in [0.25, 0.3) is 11.3 Å². The minimum absolute atomic E-state index is 0.174. The molecule has 9 heteroatoms. The number of likely N-dealkylation sites (tertiary alicyclic amines) is 1. The third-order valence-electron chi connectivity index (χ3n) is 5.40. The number of esters is 1. The number of nitrogens with zero attached hydrogens (tertiary/aromatic N) is 2. The molecule has 0 radical (unpaired) electrons. The summed E-state index contributed by atoms with van der Waals surface area (Å²) in [6, 6.07) is 6.96. The number of piperidine rings is 1. The molecule has 172 valence electrons. The van der Waals surface area contributed by atoms with Gasteiger partial charge in [-0.3, -0.25) is 9.59 Å². The average Bonchev–Trinajstić information content (AvgIpc) is 3.19. The SMILES string of the molecule is CCOC(=O)C1CCN(C(=O)C(C)(C)NC(=O)Nc2cccc(-c3csc(C)n3)c2)CC1. The first-order valence-electron chi connectivity index (χ1n) is 10.8. The highest BCUT2D eigenvalue weighted by Crippen LogP contribution is 2.25. The Bertz CT molecular complexity index is 980. The normalized spacial score (nSPS) is 14.7. The quantitative estimate of drug-likeness (QED) is 0.641. The maximum atomic E-state index is 13.0. The van der Waals surface area contributed by atoms with Crippen LogP contribution in [0.15, 0.2) is 29.6 Å². The van der Waals surface area contributed by atoms with E-state index in [9.17, 15) is 14.4 Å². The Morgan fingerprint density at radius 1 is 1.25 bits per heavy atom. The highest BCUT2D eigenvalue weighted by molar-refractivity contribution is 7.09. The van der Waals surface area contributed by atoms with Gasteiger partial charge in [-0.1, -0.05) is 12.1 Å². The van der Waals surface area contributed by atoms with Gasteiger partial charge in [0.1, 0.15) is 5.54 Å². The van der Waals surface area contributed by atoms with Crippen LogP contribution >= 0.6 is 11.3 Å². The van der Waals surface area contributed by atoms with Gasteiger partial charge < -0.3 is 20.3 Å². The first-order chi connectivity index (χ1) is 15.2. The number of thiazole rings is 1. The second kappa shape index (κ2) is 10.1. The number of anilines is 1. The first kappa shape index (κ1) is 23.7.